The standard InChI is InChI=1S/C11H11ClFN/c12-10-8(2-1-3-9(10)13)11-4-7(11)5-14-6-11/h1-3,7,14H,4-6H2/t7-,11-/m0/s1. The van der Waals surface area contributed by atoms with Crippen LogP contribution in [0.3, 0.4) is 0 Å². The van der Waals surface area contributed by atoms with E-state index in [2.05, 4.69) is 5.32 Å². The Morgan fingerprint density at radius 2 is 2.36 bits per heavy atom. The van der Waals surface area contributed by atoms with Gasteiger partial charge in [0, 0.05) is 12.0 Å². The number of halogens is 2. The molecule has 14 heavy (non-hydrogen) atoms. The summed E-state index contributed by atoms with van der Waals surface area (Å²) >= 11 is 5.99. The number of rotatable bonds is 1. The summed E-state index contributed by atoms with van der Waals surface area (Å²) < 4.78 is 13.3. The van der Waals surface area contributed by atoms with Crippen LogP contribution >= 0.6 is 11.6 Å². The highest BCUT2D eigenvalue weighted by Gasteiger charge is 2.58. The number of piperidine rings is 1. The summed E-state index contributed by atoms with van der Waals surface area (Å²) in [5, 5.41) is 3.64. The van der Waals surface area contributed by atoms with Crippen LogP contribution in [0.25, 0.3) is 0 Å². The number of benzene rings is 1. The second kappa shape index (κ2) is 2.71. The molecule has 2 fully saturated rings. The predicted molar refractivity (Wildman–Crippen MR) is 54.1 cm³/mol. The maximum atomic E-state index is 13.3. The van der Waals surface area contributed by atoms with Gasteiger partial charge in [-0.3, -0.25) is 0 Å². The molecule has 1 N–H and O–H groups in total. The fraction of sp³-hybridized carbons (Fsp3) is 0.455. The number of hydrogen-bond donors (Lipinski definition) is 1. The number of hydrogen-bond acceptors (Lipinski definition) is 1. The van der Waals surface area contributed by atoms with Gasteiger partial charge in [0.15, 0.2) is 0 Å². The average Bonchev–Trinajstić information content (AvgIpc) is 2.74. The first-order chi connectivity index (χ1) is 6.74. The first-order valence-electron chi connectivity index (χ1n) is 4.89. The Labute approximate surface area is 87.3 Å². The van der Waals surface area contributed by atoms with Crippen molar-refractivity contribution in [2.45, 2.75) is 11.8 Å². The van der Waals surface area contributed by atoms with Crippen molar-refractivity contribution in [1.82, 2.24) is 5.32 Å². The zero-order chi connectivity index (χ0) is 9.76. The molecule has 1 aromatic rings. The summed E-state index contributed by atoms with van der Waals surface area (Å²) in [4.78, 5) is 0. The highest BCUT2D eigenvalue weighted by atomic mass is 35.5. The topological polar surface area (TPSA) is 12.0 Å². The Bertz CT molecular complexity index is 393. The molecule has 0 unspecified atom stereocenters. The van der Waals surface area contributed by atoms with E-state index in [4.69, 9.17) is 11.6 Å². The molecule has 1 nitrogen and oxygen atoms in total. The molecule has 0 radical (unpaired) electrons. The molecule has 1 aromatic carbocycles. The van der Waals surface area contributed by atoms with Gasteiger partial charge >= 0.3 is 0 Å². The van der Waals surface area contributed by atoms with Gasteiger partial charge in [-0.05, 0) is 30.5 Å². The van der Waals surface area contributed by atoms with Gasteiger partial charge in [-0.1, -0.05) is 23.7 Å². The van der Waals surface area contributed by atoms with Crippen molar-refractivity contribution in [2.75, 3.05) is 13.1 Å². The minimum atomic E-state index is -0.295. The third-order valence-electron chi connectivity index (χ3n) is 3.55. The lowest BCUT2D eigenvalue weighted by Gasteiger charge is -2.14. The first-order valence-corrected chi connectivity index (χ1v) is 5.27. The molecule has 0 bridgehead atoms. The minimum absolute atomic E-state index is 0.152. The van der Waals surface area contributed by atoms with Gasteiger partial charge in [0.1, 0.15) is 5.82 Å². The van der Waals surface area contributed by atoms with Crippen molar-refractivity contribution in [3.63, 3.8) is 0 Å². The van der Waals surface area contributed by atoms with Crippen LogP contribution in [0.15, 0.2) is 18.2 Å². The van der Waals surface area contributed by atoms with Crippen LogP contribution in [0.4, 0.5) is 4.39 Å². The fourth-order valence-electron chi connectivity index (χ4n) is 2.65. The van der Waals surface area contributed by atoms with E-state index in [9.17, 15) is 4.39 Å². The van der Waals surface area contributed by atoms with Crippen molar-refractivity contribution >= 4 is 11.6 Å². The van der Waals surface area contributed by atoms with Crippen molar-refractivity contribution in [2.24, 2.45) is 5.92 Å². The second-order valence-corrected chi connectivity index (χ2v) is 4.67. The van der Waals surface area contributed by atoms with Gasteiger partial charge in [0.05, 0.1) is 5.02 Å². The van der Waals surface area contributed by atoms with E-state index in [-0.39, 0.29) is 11.2 Å². The third kappa shape index (κ3) is 0.984. The normalized spacial score (nSPS) is 34.3. The van der Waals surface area contributed by atoms with E-state index < -0.39 is 0 Å². The van der Waals surface area contributed by atoms with Crippen LogP contribution in [-0.4, -0.2) is 13.1 Å². The highest BCUT2D eigenvalue weighted by Crippen LogP contribution is 2.58. The molecule has 1 saturated heterocycles. The molecule has 2 aliphatic rings. The molecule has 1 aliphatic carbocycles. The summed E-state index contributed by atoms with van der Waals surface area (Å²) in [5.74, 6) is 0.373. The van der Waals surface area contributed by atoms with Gasteiger partial charge in [-0.25, -0.2) is 4.39 Å². The van der Waals surface area contributed by atoms with Crippen LogP contribution in [0, 0.1) is 11.7 Å². The molecule has 3 heteroatoms. The Hall–Kier alpha value is -0.600. The lowest BCUT2D eigenvalue weighted by Crippen LogP contribution is -2.19. The Balaban J connectivity index is 2.09. The quantitative estimate of drug-likeness (QED) is 0.752. The molecule has 74 valence electrons. The Morgan fingerprint density at radius 3 is 3.00 bits per heavy atom. The summed E-state index contributed by atoms with van der Waals surface area (Å²) in [6.45, 7) is 1.99. The summed E-state index contributed by atoms with van der Waals surface area (Å²) in [5.41, 5.74) is 1.15. The monoisotopic (exact) mass is 211 g/mol. The first kappa shape index (κ1) is 8.69. The summed E-state index contributed by atoms with van der Waals surface area (Å²) in [7, 11) is 0. The van der Waals surface area contributed by atoms with Crippen molar-refractivity contribution in [1.29, 1.82) is 0 Å². The van der Waals surface area contributed by atoms with E-state index in [0.29, 0.717) is 10.9 Å². The molecule has 0 amide bonds. The summed E-state index contributed by atoms with van der Waals surface area (Å²) in [6, 6.07) is 5.12. The molecule has 2 atom stereocenters. The van der Waals surface area contributed by atoms with Crippen LogP contribution in [0.5, 0.6) is 0 Å². The Kier molecular flexibility index (Phi) is 1.68. The SMILES string of the molecule is Fc1cccc([C@@]23CNC[C@@H]2C3)c1Cl. The van der Waals surface area contributed by atoms with E-state index in [1.807, 2.05) is 6.07 Å². The lowest BCUT2D eigenvalue weighted by atomic mass is 9.95. The van der Waals surface area contributed by atoms with E-state index in [1.165, 1.54) is 6.07 Å². The lowest BCUT2D eigenvalue weighted by molar-refractivity contribution is 0.615. The molecule has 1 aliphatic heterocycles. The van der Waals surface area contributed by atoms with Crippen LogP contribution < -0.4 is 5.32 Å². The molecule has 0 spiro atoms. The number of nitrogens with one attached hydrogen (secondary N) is 1. The maximum absolute atomic E-state index is 13.3. The average molecular weight is 212 g/mol. The molecular weight excluding hydrogens is 201 g/mol. The molecule has 1 heterocycles. The van der Waals surface area contributed by atoms with Crippen LogP contribution in [0.2, 0.25) is 5.02 Å². The Morgan fingerprint density at radius 1 is 1.50 bits per heavy atom. The van der Waals surface area contributed by atoms with Crippen LogP contribution in [0.1, 0.15) is 12.0 Å². The van der Waals surface area contributed by atoms with Crippen molar-refractivity contribution in [3.05, 3.63) is 34.6 Å². The van der Waals surface area contributed by atoms with E-state index in [1.54, 1.807) is 6.07 Å². The van der Waals surface area contributed by atoms with Crippen LogP contribution in [-0.2, 0) is 5.41 Å². The zero-order valence-electron chi connectivity index (χ0n) is 7.69. The maximum Gasteiger partial charge on any atom is 0.142 e. The third-order valence-corrected chi connectivity index (χ3v) is 3.94. The molecule has 3 rings (SSSR count). The number of fused-ring (bicyclic) bond motifs is 1. The van der Waals surface area contributed by atoms with Crippen molar-refractivity contribution < 1.29 is 4.39 Å². The van der Waals surface area contributed by atoms with Crippen molar-refractivity contribution in [3.8, 4) is 0 Å². The largest absolute Gasteiger partial charge is 0.316 e. The highest BCUT2D eigenvalue weighted by molar-refractivity contribution is 6.31. The van der Waals surface area contributed by atoms with Gasteiger partial charge in [-0.15, -0.1) is 0 Å². The summed E-state index contributed by atoms with van der Waals surface area (Å²) in [6.07, 6.45) is 1.16. The van der Waals surface area contributed by atoms with Gasteiger partial charge < -0.3 is 5.32 Å². The van der Waals surface area contributed by atoms with Gasteiger partial charge in [0.2, 0.25) is 0 Å². The smallest absolute Gasteiger partial charge is 0.142 e. The fourth-order valence-corrected chi connectivity index (χ4v) is 2.96. The van der Waals surface area contributed by atoms with Gasteiger partial charge in [-0.2, -0.15) is 0 Å². The minimum Gasteiger partial charge on any atom is -0.316 e. The molecule has 0 aromatic heterocycles. The molecule has 1 saturated carbocycles. The molecular formula is C11H11ClFN. The zero-order valence-corrected chi connectivity index (χ0v) is 8.44. The predicted octanol–water partition coefficient (Wildman–Crippen LogP) is 2.34. The van der Waals surface area contributed by atoms with E-state index in [0.717, 1.165) is 25.1 Å². The van der Waals surface area contributed by atoms with E-state index >= 15 is 0 Å². The second-order valence-electron chi connectivity index (χ2n) is 4.29. The van der Waals surface area contributed by atoms with Gasteiger partial charge in [0.25, 0.3) is 0 Å².